The smallest absolute Gasteiger partial charge is 0.141 e. The van der Waals surface area contributed by atoms with Crippen LogP contribution in [0.3, 0.4) is 0 Å². The maximum absolute atomic E-state index is 9.36. The van der Waals surface area contributed by atoms with Crippen LogP contribution in [0, 0.1) is 0 Å². The summed E-state index contributed by atoms with van der Waals surface area (Å²) >= 11 is 5.73. The molecule has 0 radical (unpaired) electrons. The Balaban J connectivity index is 0.000000136. The molecule has 0 aliphatic rings. The highest BCUT2D eigenvalue weighted by atomic mass is 35.5. The number of rotatable bonds is 0. The fourth-order valence-electron chi connectivity index (χ4n) is 2.21. The summed E-state index contributed by atoms with van der Waals surface area (Å²) in [4.78, 5) is 8.03. The van der Waals surface area contributed by atoms with Crippen LogP contribution >= 0.6 is 11.6 Å². The van der Waals surface area contributed by atoms with E-state index in [1.165, 1.54) is 6.20 Å². The van der Waals surface area contributed by atoms with Gasteiger partial charge in [0.05, 0.1) is 5.02 Å². The molecule has 4 aromatic rings. The van der Waals surface area contributed by atoms with Gasteiger partial charge in [0, 0.05) is 23.2 Å². The average molecular weight is 325 g/mol. The molecule has 0 amide bonds. The highest BCUT2D eigenvalue weighted by Gasteiger charge is 1.99. The van der Waals surface area contributed by atoms with E-state index in [9.17, 15) is 10.2 Å². The van der Waals surface area contributed by atoms with E-state index in [1.54, 1.807) is 36.5 Å². The fourth-order valence-corrected chi connectivity index (χ4v) is 2.37. The fraction of sp³-hybridized carbons (Fsp3) is 0. The number of fused-ring (bicyclic) bond motifs is 2. The van der Waals surface area contributed by atoms with Gasteiger partial charge in [-0.3, -0.25) is 9.97 Å². The first kappa shape index (κ1) is 15.1. The Morgan fingerprint density at radius 2 is 1.35 bits per heavy atom. The number of nitrogens with zero attached hydrogens (tertiary/aromatic N) is 2. The first-order valence-electron chi connectivity index (χ1n) is 6.91. The zero-order valence-electron chi connectivity index (χ0n) is 12.0. The summed E-state index contributed by atoms with van der Waals surface area (Å²) in [6.07, 6.45) is 3.19. The largest absolute Gasteiger partial charge is 0.506 e. The average Bonchev–Trinajstić information content (AvgIpc) is 2.56. The maximum atomic E-state index is 9.36. The number of hydrogen-bond acceptors (Lipinski definition) is 4. The van der Waals surface area contributed by atoms with Crippen molar-refractivity contribution in [1.82, 2.24) is 9.97 Å². The molecular weight excluding hydrogens is 312 g/mol. The lowest BCUT2D eigenvalue weighted by Crippen LogP contribution is -1.78. The molecule has 0 saturated carbocycles. The molecule has 114 valence electrons. The lowest BCUT2D eigenvalue weighted by Gasteiger charge is -1.98. The summed E-state index contributed by atoms with van der Waals surface area (Å²) in [5, 5.41) is 21.1. The van der Waals surface area contributed by atoms with E-state index in [4.69, 9.17) is 11.6 Å². The maximum Gasteiger partial charge on any atom is 0.141 e. The zero-order chi connectivity index (χ0) is 16.2. The van der Waals surface area contributed by atoms with Gasteiger partial charge in [-0.15, -0.1) is 0 Å². The Morgan fingerprint density at radius 1 is 0.739 bits per heavy atom. The van der Waals surface area contributed by atoms with Crippen molar-refractivity contribution in [2.24, 2.45) is 0 Å². The molecule has 0 fully saturated rings. The number of phenolic OH excluding ortho intramolecular Hbond substituents is 2. The first-order chi connectivity index (χ1) is 11.1. The third-order valence-electron chi connectivity index (χ3n) is 3.27. The molecule has 4 nitrogen and oxygen atoms in total. The van der Waals surface area contributed by atoms with E-state index in [0.29, 0.717) is 16.1 Å². The van der Waals surface area contributed by atoms with Gasteiger partial charge in [0.1, 0.15) is 22.5 Å². The lowest BCUT2D eigenvalue weighted by atomic mass is 10.2. The number of aromatic nitrogens is 2. The topological polar surface area (TPSA) is 66.2 Å². The third-order valence-corrected chi connectivity index (χ3v) is 3.47. The van der Waals surface area contributed by atoms with E-state index in [1.807, 2.05) is 24.3 Å². The van der Waals surface area contributed by atoms with Crippen molar-refractivity contribution in [1.29, 1.82) is 0 Å². The molecule has 4 rings (SSSR count). The number of aromatic hydroxyl groups is 2. The van der Waals surface area contributed by atoms with Crippen LogP contribution in [0.5, 0.6) is 11.5 Å². The van der Waals surface area contributed by atoms with E-state index in [0.717, 1.165) is 10.8 Å². The van der Waals surface area contributed by atoms with Crippen molar-refractivity contribution in [3.8, 4) is 11.5 Å². The van der Waals surface area contributed by atoms with Crippen molar-refractivity contribution in [3.05, 3.63) is 72.0 Å². The standard InChI is InChI=1S/C9H6ClNO.C9H7NO/c10-7-4-6-2-1-3-8(12)9(6)11-5-7;11-8-5-1-3-7-4-2-6-10-9(7)8/h1-5,12H;1-6,11H. The SMILES string of the molecule is Oc1cccc2cc(Cl)cnc12.Oc1cccc2cccnc12. The van der Waals surface area contributed by atoms with Gasteiger partial charge in [-0.25, -0.2) is 0 Å². The minimum absolute atomic E-state index is 0.184. The summed E-state index contributed by atoms with van der Waals surface area (Å²) in [5.41, 5.74) is 1.25. The van der Waals surface area contributed by atoms with Crippen molar-refractivity contribution in [2.45, 2.75) is 0 Å². The molecule has 0 aliphatic carbocycles. The monoisotopic (exact) mass is 324 g/mol. The Hall–Kier alpha value is -2.85. The van der Waals surface area contributed by atoms with E-state index in [-0.39, 0.29) is 11.5 Å². The molecule has 0 spiro atoms. The van der Waals surface area contributed by atoms with Crippen LogP contribution in [0.1, 0.15) is 0 Å². The quantitative estimate of drug-likeness (QED) is 0.498. The third kappa shape index (κ3) is 3.33. The van der Waals surface area contributed by atoms with Gasteiger partial charge in [-0.1, -0.05) is 41.9 Å². The Bertz CT molecular complexity index is 968. The molecule has 2 N–H and O–H groups in total. The Labute approximate surface area is 137 Å². The number of phenols is 2. The minimum atomic E-state index is 0.184. The van der Waals surface area contributed by atoms with Crippen LogP contribution in [0.2, 0.25) is 5.02 Å². The van der Waals surface area contributed by atoms with Gasteiger partial charge in [0.2, 0.25) is 0 Å². The number of benzene rings is 2. The van der Waals surface area contributed by atoms with Crippen molar-refractivity contribution >= 4 is 33.4 Å². The molecule has 0 saturated heterocycles. The zero-order valence-corrected chi connectivity index (χ0v) is 12.8. The van der Waals surface area contributed by atoms with Crippen LogP contribution in [-0.4, -0.2) is 20.2 Å². The molecule has 0 bridgehead atoms. The number of halogens is 1. The predicted octanol–water partition coefficient (Wildman–Crippen LogP) is 4.53. The van der Waals surface area contributed by atoms with Gasteiger partial charge < -0.3 is 10.2 Å². The number of para-hydroxylation sites is 2. The molecule has 2 aromatic heterocycles. The molecule has 0 unspecified atom stereocenters. The van der Waals surface area contributed by atoms with Crippen LogP contribution in [-0.2, 0) is 0 Å². The first-order valence-corrected chi connectivity index (χ1v) is 7.29. The highest BCUT2D eigenvalue weighted by molar-refractivity contribution is 6.31. The normalized spacial score (nSPS) is 10.3. The van der Waals surface area contributed by atoms with Gasteiger partial charge in [0.15, 0.2) is 0 Å². The predicted molar refractivity (Wildman–Crippen MR) is 91.8 cm³/mol. The molecule has 0 aliphatic heterocycles. The number of pyridine rings is 2. The summed E-state index contributed by atoms with van der Waals surface area (Å²) < 4.78 is 0. The van der Waals surface area contributed by atoms with E-state index >= 15 is 0 Å². The van der Waals surface area contributed by atoms with Crippen molar-refractivity contribution < 1.29 is 10.2 Å². The molecule has 5 heteroatoms. The lowest BCUT2D eigenvalue weighted by molar-refractivity contribution is 0.480. The van der Waals surface area contributed by atoms with Crippen molar-refractivity contribution in [2.75, 3.05) is 0 Å². The van der Waals surface area contributed by atoms with Gasteiger partial charge >= 0.3 is 0 Å². The summed E-state index contributed by atoms with van der Waals surface area (Å²) in [7, 11) is 0. The van der Waals surface area contributed by atoms with E-state index in [2.05, 4.69) is 9.97 Å². The van der Waals surface area contributed by atoms with Gasteiger partial charge in [-0.05, 0) is 24.3 Å². The minimum Gasteiger partial charge on any atom is -0.506 e. The second-order valence-electron chi connectivity index (χ2n) is 4.85. The summed E-state index contributed by atoms with van der Waals surface area (Å²) in [6.45, 7) is 0. The van der Waals surface area contributed by atoms with E-state index < -0.39 is 0 Å². The Morgan fingerprint density at radius 3 is 2.04 bits per heavy atom. The van der Waals surface area contributed by atoms with Crippen LogP contribution in [0.25, 0.3) is 21.8 Å². The molecule has 2 heterocycles. The summed E-state index contributed by atoms with van der Waals surface area (Å²) in [6, 6.07) is 16.1. The molecule has 2 aromatic carbocycles. The molecule has 23 heavy (non-hydrogen) atoms. The molecular formula is C18H13ClN2O2. The molecule has 0 atom stereocenters. The van der Waals surface area contributed by atoms with Crippen LogP contribution in [0.15, 0.2) is 67.0 Å². The second-order valence-corrected chi connectivity index (χ2v) is 5.29. The highest BCUT2D eigenvalue weighted by Crippen LogP contribution is 2.23. The van der Waals surface area contributed by atoms with Crippen LogP contribution in [0.4, 0.5) is 0 Å². The summed E-state index contributed by atoms with van der Waals surface area (Å²) in [5.74, 6) is 0.423. The van der Waals surface area contributed by atoms with Crippen LogP contribution < -0.4 is 0 Å². The van der Waals surface area contributed by atoms with Crippen molar-refractivity contribution in [3.63, 3.8) is 0 Å². The Kier molecular flexibility index (Phi) is 4.26. The van der Waals surface area contributed by atoms with Gasteiger partial charge in [-0.2, -0.15) is 0 Å². The number of hydrogen-bond donors (Lipinski definition) is 2. The van der Waals surface area contributed by atoms with Gasteiger partial charge in [0.25, 0.3) is 0 Å². The second kappa shape index (κ2) is 6.50.